The monoisotopic (exact) mass is 194 g/mol. The van der Waals surface area contributed by atoms with Crippen LogP contribution in [-0.2, 0) is 9.53 Å². The Hall–Kier alpha value is 0.170. The molecule has 0 aliphatic rings. The largest absolute Gasteiger partial charge is 0.468 e. The minimum absolute atomic E-state index is 0.126. The molecule has 0 aliphatic carbocycles. The predicted molar refractivity (Wildman–Crippen MR) is 52.3 cm³/mol. The highest BCUT2D eigenvalue weighted by atomic mass is 32.2. The molecule has 0 unspecified atom stereocenters. The van der Waals surface area contributed by atoms with Crippen LogP contribution in [-0.4, -0.2) is 36.6 Å². The molecular formula is C7H14O2S2. The zero-order chi connectivity index (χ0) is 8.53. The maximum Gasteiger partial charge on any atom is 0.315 e. The smallest absolute Gasteiger partial charge is 0.315 e. The summed E-state index contributed by atoms with van der Waals surface area (Å²) >= 11 is 3.47. The first-order valence-corrected chi connectivity index (χ1v) is 5.99. The molecule has 0 fully saturated rings. The van der Waals surface area contributed by atoms with E-state index in [4.69, 9.17) is 0 Å². The summed E-state index contributed by atoms with van der Waals surface area (Å²) in [5, 5.41) is 0. The number of carbonyl (C=O) groups is 1. The Morgan fingerprint density at radius 1 is 1.45 bits per heavy atom. The fourth-order valence-corrected chi connectivity index (χ4v) is 1.91. The molecule has 0 amide bonds. The fraction of sp³-hybridized carbons (Fsp3) is 0.857. The molecule has 11 heavy (non-hydrogen) atoms. The molecule has 4 heteroatoms. The highest BCUT2D eigenvalue weighted by molar-refractivity contribution is 8.00. The lowest BCUT2D eigenvalue weighted by Gasteiger charge is -1.98. The van der Waals surface area contributed by atoms with Gasteiger partial charge in [0.05, 0.1) is 12.9 Å². The number of thioether (sulfide) groups is 2. The van der Waals surface area contributed by atoms with Gasteiger partial charge in [-0.2, -0.15) is 23.5 Å². The zero-order valence-electron chi connectivity index (χ0n) is 6.96. The molecule has 0 rings (SSSR count). The number of esters is 1. The Kier molecular flexibility index (Phi) is 8.40. The number of hydrogen-bond donors (Lipinski definition) is 0. The summed E-state index contributed by atoms with van der Waals surface area (Å²) in [5.41, 5.74) is 0. The van der Waals surface area contributed by atoms with Crippen molar-refractivity contribution in [2.24, 2.45) is 0 Å². The maximum absolute atomic E-state index is 10.6. The Labute approximate surface area is 76.5 Å². The molecule has 0 aromatic heterocycles. The van der Waals surface area contributed by atoms with Crippen molar-refractivity contribution in [2.75, 3.05) is 30.6 Å². The first kappa shape index (κ1) is 11.2. The van der Waals surface area contributed by atoms with E-state index in [0.717, 1.165) is 5.75 Å². The van der Waals surface area contributed by atoms with Crippen LogP contribution in [0, 0.1) is 0 Å². The first-order chi connectivity index (χ1) is 5.31. The van der Waals surface area contributed by atoms with Crippen LogP contribution in [0.15, 0.2) is 0 Å². The molecule has 0 aromatic rings. The standard InChI is InChI=1S/C7H14O2S2/c1-9-7(8)6-11-5-3-4-10-2/h3-6H2,1-2H3. The Bertz CT molecular complexity index is 107. The average Bonchev–Trinajstić information content (AvgIpc) is 2.04. The van der Waals surface area contributed by atoms with Crippen molar-refractivity contribution in [3.63, 3.8) is 0 Å². The third-order valence-electron chi connectivity index (χ3n) is 1.08. The molecule has 0 aromatic carbocycles. The maximum atomic E-state index is 10.6. The van der Waals surface area contributed by atoms with Gasteiger partial charge in [0.25, 0.3) is 0 Å². The number of ether oxygens (including phenoxy) is 1. The summed E-state index contributed by atoms with van der Waals surface area (Å²) in [6, 6.07) is 0. The molecule has 0 bridgehead atoms. The molecule has 66 valence electrons. The van der Waals surface area contributed by atoms with E-state index in [2.05, 4.69) is 11.0 Å². The van der Waals surface area contributed by atoms with Crippen molar-refractivity contribution in [3.8, 4) is 0 Å². The molecule has 0 N–H and O–H groups in total. The van der Waals surface area contributed by atoms with E-state index in [9.17, 15) is 4.79 Å². The highest BCUT2D eigenvalue weighted by Gasteiger charge is 1.98. The Morgan fingerprint density at radius 2 is 2.18 bits per heavy atom. The van der Waals surface area contributed by atoms with Crippen LogP contribution in [0.4, 0.5) is 0 Å². The summed E-state index contributed by atoms with van der Waals surface area (Å²) in [4.78, 5) is 10.6. The number of methoxy groups -OCH3 is 1. The van der Waals surface area contributed by atoms with E-state index in [1.807, 2.05) is 11.8 Å². The lowest BCUT2D eigenvalue weighted by molar-refractivity contribution is -0.137. The van der Waals surface area contributed by atoms with Crippen molar-refractivity contribution in [1.29, 1.82) is 0 Å². The van der Waals surface area contributed by atoms with Gasteiger partial charge in [0.2, 0.25) is 0 Å². The van der Waals surface area contributed by atoms with Gasteiger partial charge in [-0.3, -0.25) is 4.79 Å². The van der Waals surface area contributed by atoms with Gasteiger partial charge in [-0.15, -0.1) is 0 Å². The first-order valence-electron chi connectivity index (χ1n) is 3.44. The second-order valence-corrected chi connectivity index (χ2v) is 4.07. The summed E-state index contributed by atoms with van der Waals surface area (Å²) in [6.45, 7) is 0. The van der Waals surface area contributed by atoms with Gasteiger partial charge in [0.1, 0.15) is 0 Å². The van der Waals surface area contributed by atoms with Crippen LogP contribution >= 0.6 is 23.5 Å². The van der Waals surface area contributed by atoms with Gasteiger partial charge < -0.3 is 4.74 Å². The lowest BCUT2D eigenvalue weighted by atomic mass is 10.6. The second kappa shape index (κ2) is 8.27. The summed E-state index contributed by atoms with van der Waals surface area (Å²) < 4.78 is 4.49. The van der Waals surface area contributed by atoms with Crippen molar-refractivity contribution in [2.45, 2.75) is 6.42 Å². The molecule has 0 saturated heterocycles. The Morgan fingerprint density at radius 3 is 2.73 bits per heavy atom. The van der Waals surface area contributed by atoms with Gasteiger partial charge in [-0.1, -0.05) is 0 Å². The number of hydrogen-bond acceptors (Lipinski definition) is 4. The molecule has 0 heterocycles. The van der Waals surface area contributed by atoms with Gasteiger partial charge in [-0.25, -0.2) is 0 Å². The van der Waals surface area contributed by atoms with Crippen LogP contribution in [0.25, 0.3) is 0 Å². The Balaban J connectivity index is 2.95. The van der Waals surface area contributed by atoms with E-state index in [1.54, 1.807) is 11.8 Å². The van der Waals surface area contributed by atoms with E-state index in [0.29, 0.717) is 5.75 Å². The topological polar surface area (TPSA) is 26.3 Å². The van der Waals surface area contributed by atoms with Gasteiger partial charge in [0.15, 0.2) is 0 Å². The molecule has 0 saturated carbocycles. The normalized spacial score (nSPS) is 9.64. The van der Waals surface area contributed by atoms with E-state index >= 15 is 0 Å². The third-order valence-corrected chi connectivity index (χ3v) is 2.80. The molecule has 0 radical (unpaired) electrons. The zero-order valence-corrected chi connectivity index (χ0v) is 8.59. The number of rotatable bonds is 6. The number of carbonyl (C=O) groups excluding carboxylic acids is 1. The summed E-state index contributed by atoms with van der Waals surface area (Å²) in [5.74, 6) is 2.59. The van der Waals surface area contributed by atoms with Crippen LogP contribution in [0.3, 0.4) is 0 Å². The van der Waals surface area contributed by atoms with Gasteiger partial charge in [-0.05, 0) is 24.2 Å². The summed E-state index contributed by atoms with van der Waals surface area (Å²) in [7, 11) is 1.42. The van der Waals surface area contributed by atoms with Gasteiger partial charge in [0, 0.05) is 0 Å². The van der Waals surface area contributed by atoms with E-state index in [-0.39, 0.29) is 5.97 Å². The lowest BCUT2D eigenvalue weighted by Crippen LogP contribution is -2.03. The third kappa shape index (κ3) is 8.07. The molecule has 0 spiro atoms. The molecule has 0 aliphatic heterocycles. The van der Waals surface area contributed by atoms with Crippen LogP contribution < -0.4 is 0 Å². The van der Waals surface area contributed by atoms with Crippen molar-refractivity contribution in [1.82, 2.24) is 0 Å². The predicted octanol–water partition coefficient (Wildman–Crippen LogP) is 1.65. The average molecular weight is 194 g/mol. The fourth-order valence-electron chi connectivity index (χ4n) is 0.520. The van der Waals surface area contributed by atoms with Crippen LogP contribution in [0.2, 0.25) is 0 Å². The minimum Gasteiger partial charge on any atom is -0.468 e. The van der Waals surface area contributed by atoms with Crippen molar-refractivity contribution < 1.29 is 9.53 Å². The molecule has 2 nitrogen and oxygen atoms in total. The van der Waals surface area contributed by atoms with Crippen LogP contribution in [0.1, 0.15) is 6.42 Å². The van der Waals surface area contributed by atoms with Crippen molar-refractivity contribution in [3.05, 3.63) is 0 Å². The van der Waals surface area contributed by atoms with E-state index < -0.39 is 0 Å². The summed E-state index contributed by atoms with van der Waals surface area (Å²) in [6.07, 6.45) is 3.26. The molecular weight excluding hydrogens is 180 g/mol. The van der Waals surface area contributed by atoms with Gasteiger partial charge >= 0.3 is 5.97 Å². The SMILES string of the molecule is COC(=O)CSCCCSC. The molecule has 0 atom stereocenters. The quantitative estimate of drug-likeness (QED) is 0.474. The van der Waals surface area contributed by atoms with E-state index in [1.165, 1.54) is 19.3 Å². The van der Waals surface area contributed by atoms with Crippen LogP contribution in [0.5, 0.6) is 0 Å². The second-order valence-electron chi connectivity index (χ2n) is 1.98. The highest BCUT2D eigenvalue weighted by Crippen LogP contribution is 2.05. The van der Waals surface area contributed by atoms with Crippen molar-refractivity contribution >= 4 is 29.5 Å². The minimum atomic E-state index is -0.126.